The molecule has 1 aromatic rings. The van der Waals surface area contributed by atoms with Crippen molar-refractivity contribution in [3.8, 4) is 0 Å². The van der Waals surface area contributed by atoms with Crippen LogP contribution in [-0.2, 0) is 4.74 Å². The maximum absolute atomic E-state index is 6.09. The van der Waals surface area contributed by atoms with Gasteiger partial charge in [-0.15, -0.1) is 0 Å². The summed E-state index contributed by atoms with van der Waals surface area (Å²) in [6.45, 7) is 7.84. The molecule has 17 heavy (non-hydrogen) atoms. The molecule has 1 aromatic heterocycles. The van der Waals surface area contributed by atoms with E-state index in [-0.39, 0.29) is 0 Å². The molecule has 5 heteroatoms. The van der Waals surface area contributed by atoms with Gasteiger partial charge in [-0.1, -0.05) is 0 Å². The molecule has 0 radical (unpaired) electrons. The molecule has 0 saturated heterocycles. The third-order valence-electron chi connectivity index (χ3n) is 2.80. The van der Waals surface area contributed by atoms with Crippen LogP contribution in [0.3, 0.4) is 0 Å². The Balaban J connectivity index is 2.87. The van der Waals surface area contributed by atoms with Crippen molar-refractivity contribution in [1.29, 1.82) is 0 Å². The van der Waals surface area contributed by atoms with E-state index < -0.39 is 0 Å². The van der Waals surface area contributed by atoms with Crippen LogP contribution in [0.1, 0.15) is 32.0 Å². The van der Waals surface area contributed by atoms with Crippen molar-refractivity contribution in [3.63, 3.8) is 0 Å². The summed E-state index contributed by atoms with van der Waals surface area (Å²) in [6.07, 6.45) is 0.981. The van der Waals surface area contributed by atoms with E-state index in [2.05, 4.69) is 23.8 Å². The summed E-state index contributed by atoms with van der Waals surface area (Å²) in [5, 5.41) is 4.48. The van der Waals surface area contributed by atoms with Gasteiger partial charge in [0.2, 0.25) is 0 Å². The lowest BCUT2D eigenvalue weighted by Crippen LogP contribution is -2.24. The number of rotatable bonds is 6. The minimum atomic E-state index is 0.311. The van der Waals surface area contributed by atoms with Crippen LogP contribution < -0.4 is 10.6 Å². The zero-order valence-electron chi connectivity index (χ0n) is 11.5. The van der Waals surface area contributed by atoms with Gasteiger partial charge in [-0.2, -0.15) is 5.10 Å². The molecule has 0 aromatic carbocycles. The van der Waals surface area contributed by atoms with Crippen molar-refractivity contribution in [3.05, 3.63) is 5.69 Å². The van der Waals surface area contributed by atoms with E-state index in [1.54, 1.807) is 7.11 Å². The third kappa shape index (κ3) is 3.12. The molecule has 0 aliphatic rings. The molecule has 0 unspecified atom stereocenters. The van der Waals surface area contributed by atoms with Gasteiger partial charge >= 0.3 is 0 Å². The second-order valence-corrected chi connectivity index (χ2v) is 4.63. The molecule has 0 bridgehead atoms. The average molecular weight is 240 g/mol. The number of anilines is 2. The highest BCUT2D eigenvalue weighted by Gasteiger charge is 2.17. The first-order chi connectivity index (χ1) is 7.99. The molecule has 0 aliphatic heterocycles. The van der Waals surface area contributed by atoms with Crippen molar-refractivity contribution in [1.82, 2.24) is 9.78 Å². The Bertz CT molecular complexity index is 360. The Labute approximate surface area is 104 Å². The van der Waals surface area contributed by atoms with Crippen molar-refractivity contribution in [2.45, 2.75) is 33.2 Å². The normalized spacial score (nSPS) is 11.2. The number of nitrogen functional groups attached to an aromatic ring is 1. The maximum atomic E-state index is 6.09. The number of nitrogens with two attached hydrogens (primary N) is 1. The summed E-state index contributed by atoms with van der Waals surface area (Å²) in [5.74, 6) is 1.01. The Morgan fingerprint density at radius 1 is 1.47 bits per heavy atom. The third-order valence-corrected chi connectivity index (χ3v) is 2.80. The Morgan fingerprint density at radius 2 is 2.12 bits per heavy atom. The van der Waals surface area contributed by atoms with Crippen LogP contribution in [0.15, 0.2) is 0 Å². The van der Waals surface area contributed by atoms with Gasteiger partial charge in [0.1, 0.15) is 0 Å². The van der Waals surface area contributed by atoms with Gasteiger partial charge in [-0.05, 0) is 27.2 Å². The van der Waals surface area contributed by atoms with E-state index in [9.17, 15) is 0 Å². The van der Waals surface area contributed by atoms with Gasteiger partial charge in [-0.3, -0.25) is 0 Å². The number of methoxy groups -OCH3 is 1. The summed E-state index contributed by atoms with van der Waals surface area (Å²) < 4.78 is 7.04. The van der Waals surface area contributed by atoms with E-state index >= 15 is 0 Å². The fourth-order valence-electron chi connectivity index (χ4n) is 1.84. The Morgan fingerprint density at radius 3 is 2.65 bits per heavy atom. The lowest BCUT2D eigenvalue weighted by Gasteiger charge is -2.22. The highest BCUT2D eigenvalue weighted by atomic mass is 16.5. The lowest BCUT2D eigenvalue weighted by molar-refractivity contribution is 0.196. The molecule has 0 amide bonds. The smallest absolute Gasteiger partial charge is 0.150 e. The van der Waals surface area contributed by atoms with Crippen LogP contribution in [-0.4, -0.2) is 37.1 Å². The Kier molecular flexibility index (Phi) is 4.81. The minimum absolute atomic E-state index is 0.311. The molecule has 98 valence electrons. The lowest BCUT2D eigenvalue weighted by atomic mass is 10.3. The predicted octanol–water partition coefficient (Wildman–Crippen LogP) is 1.83. The van der Waals surface area contributed by atoms with Gasteiger partial charge in [0.15, 0.2) is 5.82 Å². The zero-order chi connectivity index (χ0) is 13.0. The largest absolute Gasteiger partial charge is 0.394 e. The highest BCUT2D eigenvalue weighted by Crippen LogP contribution is 2.28. The quantitative estimate of drug-likeness (QED) is 0.771. The van der Waals surface area contributed by atoms with E-state index in [0.29, 0.717) is 6.04 Å². The standard InChI is InChI=1S/C12H24N4O/c1-9(2)16-12(11(13)10(3)14-16)15(4)7-6-8-17-5/h9H,6-8,13H2,1-5H3. The summed E-state index contributed by atoms with van der Waals surface area (Å²) in [4.78, 5) is 2.15. The second-order valence-electron chi connectivity index (χ2n) is 4.63. The summed E-state index contributed by atoms with van der Waals surface area (Å²) in [7, 11) is 3.76. The number of ether oxygens (including phenoxy) is 1. The molecular weight excluding hydrogens is 216 g/mol. The number of aryl methyl sites for hydroxylation is 1. The molecule has 0 saturated carbocycles. The SMILES string of the molecule is COCCCN(C)c1c(N)c(C)nn1C(C)C. The zero-order valence-corrected chi connectivity index (χ0v) is 11.5. The maximum Gasteiger partial charge on any atom is 0.150 e. The van der Waals surface area contributed by atoms with Gasteiger partial charge in [0.25, 0.3) is 0 Å². The average Bonchev–Trinajstić information content (AvgIpc) is 2.56. The topological polar surface area (TPSA) is 56.3 Å². The van der Waals surface area contributed by atoms with Gasteiger partial charge in [-0.25, -0.2) is 4.68 Å². The second kappa shape index (κ2) is 5.91. The summed E-state index contributed by atoms with van der Waals surface area (Å²) in [6, 6.07) is 0.311. The Hall–Kier alpha value is -1.23. The van der Waals surface area contributed by atoms with Crippen LogP contribution in [0.4, 0.5) is 11.5 Å². The van der Waals surface area contributed by atoms with Crippen LogP contribution >= 0.6 is 0 Å². The predicted molar refractivity (Wildman–Crippen MR) is 71.5 cm³/mol. The minimum Gasteiger partial charge on any atom is -0.394 e. The van der Waals surface area contributed by atoms with Crippen molar-refractivity contribution in [2.24, 2.45) is 0 Å². The van der Waals surface area contributed by atoms with Crippen LogP contribution in [0.2, 0.25) is 0 Å². The molecule has 2 N–H and O–H groups in total. The van der Waals surface area contributed by atoms with E-state index in [0.717, 1.165) is 36.8 Å². The molecule has 5 nitrogen and oxygen atoms in total. The van der Waals surface area contributed by atoms with Gasteiger partial charge < -0.3 is 15.4 Å². The first-order valence-corrected chi connectivity index (χ1v) is 6.03. The van der Waals surface area contributed by atoms with Crippen LogP contribution in [0, 0.1) is 6.92 Å². The van der Waals surface area contributed by atoms with E-state index in [4.69, 9.17) is 10.5 Å². The molecule has 0 atom stereocenters. The van der Waals surface area contributed by atoms with Crippen molar-refractivity contribution >= 4 is 11.5 Å². The fourth-order valence-corrected chi connectivity index (χ4v) is 1.84. The number of hydrogen-bond donors (Lipinski definition) is 1. The molecule has 0 aliphatic carbocycles. The van der Waals surface area contributed by atoms with Gasteiger partial charge in [0.05, 0.1) is 11.4 Å². The summed E-state index contributed by atoms with van der Waals surface area (Å²) >= 11 is 0. The fraction of sp³-hybridized carbons (Fsp3) is 0.750. The monoisotopic (exact) mass is 240 g/mol. The molecule has 0 spiro atoms. The molecule has 0 fully saturated rings. The first-order valence-electron chi connectivity index (χ1n) is 6.03. The number of aromatic nitrogens is 2. The highest BCUT2D eigenvalue weighted by molar-refractivity contribution is 5.66. The molecule has 1 heterocycles. The molecular formula is C12H24N4O. The number of hydrogen-bond acceptors (Lipinski definition) is 4. The van der Waals surface area contributed by atoms with E-state index in [1.165, 1.54) is 0 Å². The van der Waals surface area contributed by atoms with Crippen LogP contribution in [0.5, 0.6) is 0 Å². The van der Waals surface area contributed by atoms with Gasteiger partial charge in [0, 0.05) is 33.4 Å². The molecule has 1 rings (SSSR count). The summed E-state index contributed by atoms with van der Waals surface area (Å²) in [5.41, 5.74) is 7.76. The number of nitrogens with zero attached hydrogens (tertiary/aromatic N) is 3. The van der Waals surface area contributed by atoms with E-state index in [1.807, 2.05) is 18.7 Å². The first kappa shape index (κ1) is 13.8. The van der Waals surface area contributed by atoms with Crippen LogP contribution in [0.25, 0.3) is 0 Å². The van der Waals surface area contributed by atoms with Crippen molar-refractivity contribution in [2.75, 3.05) is 37.9 Å². The van der Waals surface area contributed by atoms with Crippen molar-refractivity contribution < 1.29 is 4.74 Å².